The Morgan fingerprint density at radius 2 is 0.480 bits per heavy atom. The molecule has 17 nitrogen and oxygen atoms in total. The van der Waals surface area contributed by atoms with E-state index in [4.69, 9.17) is 37.0 Å². The number of carbonyl (C=O) groups is 4. The molecule has 0 saturated heterocycles. The number of unbranched alkanes of at least 4 members (excludes halogenated alkanes) is 52. The minimum atomic E-state index is -4.96. The van der Waals surface area contributed by atoms with Crippen LogP contribution in [0.25, 0.3) is 0 Å². The molecule has 0 saturated carbocycles. The van der Waals surface area contributed by atoms with Crippen molar-refractivity contribution in [1.82, 2.24) is 0 Å². The van der Waals surface area contributed by atoms with Gasteiger partial charge in [-0.1, -0.05) is 381 Å². The zero-order valence-corrected chi connectivity index (χ0v) is 67.1. The van der Waals surface area contributed by atoms with Crippen LogP contribution < -0.4 is 0 Å². The molecule has 0 aliphatic rings. The summed E-state index contributed by atoms with van der Waals surface area (Å²) in [6, 6.07) is 0. The topological polar surface area (TPSA) is 237 Å². The third-order valence-electron chi connectivity index (χ3n) is 19.4. The fourth-order valence-corrected chi connectivity index (χ4v) is 14.1. The largest absolute Gasteiger partial charge is 0.472 e. The number of aliphatic hydroxyl groups is 1. The van der Waals surface area contributed by atoms with Gasteiger partial charge in [-0.15, -0.1) is 0 Å². The standard InChI is InChI=1S/C81H158O17P2/c1-6-10-13-16-19-22-25-26-27-28-29-30-31-32-33-38-42-47-52-57-62-67-81(86)98-77(71-92-79(84)65-60-55-50-45-41-37-35-34-36-40-43-48-53-58-63-74(5)9-4)73-96-100(89,90)94-69-75(82)68-93-99(87,88)95-72-76(70-91-78(83)64-59-54-49-44-24-21-18-15-12-8-3)97-80(85)66-61-56-51-46-39-23-20-17-14-11-7-2/h74-77,82H,6-73H2,1-5H3,(H,87,88)(H,89,90)/t74?,75-,76+,77+/m0/s1. The van der Waals surface area contributed by atoms with Gasteiger partial charge >= 0.3 is 39.5 Å². The first-order valence-corrected chi connectivity index (χ1v) is 45.2. The van der Waals surface area contributed by atoms with Crippen molar-refractivity contribution in [2.24, 2.45) is 5.92 Å². The van der Waals surface area contributed by atoms with E-state index < -0.39 is 97.5 Å². The first-order chi connectivity index (χ1) is 48.6. The van der Waals surface area contributed by atoms with E-state index >= 15 is 0 Å². The maximum Gasteiger partial charge on any atom is 0.472 e. The minimum absolute atomic E-state index is 0.107. The van der Waals surface area contributed by atoms with Crippen LogP contribution in [-0.4, -0.2) is 96.7 Å². The second kappa shape index (κ2) is 73.9. The van der Waals surface area contributed by atoms with Crippen molar-refractivity contribution >= 4 is 39.5 Å². The number of rotatable bonds is 81. The summed E-state index contributed by atoms with van der Waals surface area (Å²) in [6.45, 7) is 7.37. The van der Waals surface area contributed by atoms with Crippen molar-refractivity contribution in [1.29, 1.82) is 0 Å². The second-order valence-electron chi connectivity index (χ2n) is 29.4. The number of phosphoric ester groups is 2. The first kappa shape index (κ1) is 98.1. The van der Waals surface area contributed by atoms with Crippen molar-refractivity contribution in [3.8, 4) is 0 Å². The lowest BCUT2D eigenvalue weighted by atomic mass is 9.99. The Kier molecular flexibility index (Phi) is 72.5. The number of aliphatic hydroxyl groups excluding tert-OH is 1. The lowest BCUT2D eigenvalue weighted by molar-refractivity contribution is -0.161. The molecule has 0 bridgehead atoms. The molecular formula is C81H158O17P2. The van der Waals surface area contributed by atoms with E-state index in [2.05, 4.69) is 34.6 Å². The Morgan fingerprint density at radius 3 is 0.710 bits per heavy atom. The van der Waals surface area contributed by atoms with Gasteiger partial charge in [0.2, 0.25) is 0 Å². The molecule has 0 radical (unpaired) electrons. The van der Waals surface area contributed by atoms with E-state index in [0.29, 0.717) is 25.7 Å². The van der Waals surface area contributed by atoms with Gasteiger partial charge in [0.1, 0.15) is 19.3 Å². The molecule has 100 heavy (non-hydrogen) atoms. The summed E-state index contributed by atoms with van der Waals surface area (Å²) in [4.78, 5) is 72.9. The highest BCUT2D eigenvalue weighted by molar-refractivity contribution is 7.47. The number of hydrogen-bond donors (Lipinski definition) is 3. The van der Waals surface area contributed by atoms with Crippen LogP contribution >= 0.6 is 15.6 Å². The summed E-state index contributed by atoms with van der Waals surface area (Å²) in [6.07, 6.45) is 65.2. The van der Waals surface area contributed by atoms with Gasteiger partial charge in [0, 0.05) is 25.7 Å². The normalized spacial score (nSPS) is 14.1. The van der Waals surface area contributed by atoms with Crippen LogP contribution in [0.5, 0.6) is 0 Å². The average molecular weight is 1470 g/mol. The van der Waals surface area contributed by atoms with Crippen LogP contribution in [0.1, 0.15) is 433 Å². The lowest BCUT2D eigenvalue weighted by Gasteiger charge is -2.21. The molecule has 19 heteroatoms. The Hall–Kier alpha value is -1.94. The molecule has 3 unspecified atom stereocenters. The molecular weight excluding hydrogens is 1310 g/mol. The van der Waals surface area contributed by atoms with Crippen molar-refractivity contribution in [2.75, 3.05) is 39.6 Å². The number of carbonyl (C=O) groups excluding carboxylic acids is 4. The van der Waals surface area contributed by atoms with Gasteiger partial charge in [0.05, 0.1) is 26.4 Å². The molecule has 3 N–H and O–H groups in total. The highest BCUT2D eigenvalue weighted by atomic mass is 31.2. The summed E-state index contributed by atoms with van der Waals surface area (Å²) in [5, 5.41) is 10.6. The van der Waals surface area contributed by atoms with Crippen LogP contribution in [0.4, 0.5) is 0 Å². The van der Waals surface area contributed by atoms with E-state index in [-0.39, 0.29) is 25.7 Å². The number of ether oxygens (including phenoxy) is 4. The molecule has 6 atom stereocenters. The third kappa shape index (κ3) is 73.0. The molecule has 0 aromatic rings. The van der Waals surface area contributed by atoms with E-state index in [9.17, 15) is 43.2 Å². The molecule has 0 aliphatic carbocycles. The SMILES string of the molecule is CCCCCCCCCCCCCCCCCCCCCCCC(=O)O[C@H](COC(=O)CCCCCCCCCCCCCCCCC(C)CC)COP(=O)(O)OC[C@@H](O)COP(=O)(O)OC[C@@H](COC(=O)CCCCCCCCCCCC)OC(=O)CCCCCCCCCCCCC. The highest BCUT2D eigenvalue weighted by Crippen LogP contribution is 2.45. The van der Waals surface area contributed by atoms with Gasteiger partial charge in [-0.2, -0.15) is 0 Å². The summed E-state index contributed by atoms with van der Waals surface area (Å²) < 4.78 is 68.7. The molecule has 0 aromatic heterocycles. The van der Waals surface area contributed by atoms with Crippen molar-refractivity contribution in [2.45, 2.75) is 451 Å². The van der Waals surface area contributed by atoms with E-state index in [1.165, 1.54) is 257 Å². The lowest BCUT2D eigenvalue weighted by Crippen LogP contribution is -2.30. The maximum atomic E-state index is 13.1. The molecule has 0 aliphatic heterocycles. The second-order valence-corrected chi connectivity index (χ2v) is 32.3. The predicted octanol–water partition coefficient (Wildman–Crippen LogP) is 24.4. The molecule has 594 valence electrons. The van der Waals surface area contributed by atoms with Crippen LogP contribution in [0.2, 0.25) is 0 Å². The fraction of sp³-hybridized carbons (Fsp3) is 0.951. The molecule has 0 spiro atoms. The zero-order chi connectivity index (χ0) is 73.4. The zero-order valence-electron chi connectivity index (χ0n) is 65.3. The number of phosphoric acid groups is 2. The smallest absolute Gasteiger partial charge is 0.462 e. The van der Waals surface area contributed by atoms with E-state index in [0.717, 1.165) is 95.8 Å². The van der Waals surface area contributed by atoms with Crippen LogP contribution in [-0.2, 0) is 65.4 Å². The Labute approximate surface area is 613 Å². The van der Waals surface area contributed by atoms with Crippen LogP contribution in [0, 0.1) is 5.92 Å². The van der Waals surface area contributed by atoms with Gasteiger partial charge < -0.3 is 33.8 Å². The average Bonchev–Trinajstić information content (AvgIpc) is 1.05. The monoisotopic (exact) mass is 1470 g/mol. The summed E-state index contributed by atoms with van der Waals surface area (Å²) >= 11 is 0. The quantitative estimate of drug-likeness (QED) is 0.0222. The Balaban J connectivity index is 5.20. The summed E-state index contributed by atoms with van der Waals surface area (Å²) in [7, 11) is -9.91. The molecule has 0 rings (SSSR count). The molecule has 0 fully saturated rings. The first-order valence-electron chi connectivity index (χ1n) is 42.2. The van der Waals surface area contributed by atoms with Gasteiger partial charge in [0.15, 0.2) is 12.2 Å². The van der Waals surface area contributed by atoms with Gasteiger partial charge in [-0.25, -0.2) is 9.13 Å². The number of esters is 4. The summed E-state index contributed by atoms with van der Waals surface area (Å²) in [5.41, 5.74) is 0. The third-order valence-corrected chi connectivity index (χ3v) is 21.3. The van der Waals surface area contributed by atoms with Crippen molar-refractivity contribution in [3.63, 3.8) is 0 Å². The van der Waals surface area contributed by atoms with E-state index in [1.807, 2.05) is 0 Å². The van der Waals surface area contributed by atoms with Gasteiger partial charge in [-0.05, 0) is 31.6 Å². The highest BCUT2D eigenvalue weighted by Gasteiger charge is 2.30. The molecule has 0 amide bonds. The van der Waals surface area contributed by atoms with Crippen molar-refractivity contribution < 1.29 is 80.2 Å². The Bertz CT molecular complexity index is 1910. The molecule has 0 heterocycles. The van der Waals surface area contributed by atoms with E-state index in [1.54, 1.807) is 0 Å². The van der Waals surface area contributed by atoms with Gasteiger partial charge in [0.25, 0.3) is 0 Å². The summed E-state index contributed by atoms with van der Waals surface area (Å²) in [5.74, 6) is -1.26. The number of hydrogen-bond acceptors (Lipinski definition) is 15. The fourth-order valence-electron chi connectivity index (χ4n) is 12.6. The molecule has 0 aromatic carbocycles. The van der Waals surface area contributed by atoms with Gasteiger partial charge in [-0.3, -0.25) is 37.3 Å². The van der Waals surface area contributed by atoms with Crippen LogP contribution in [0.15, 0.2) is 0 Å². The maximum absolute atomic E-state index is 13.1. The minimum Gasteiger partial charge on any atom is -0.462 e. The Morgan fingerprint density at radius 1 is 0.280 bits per heavy atom. The van der Waals surface area contributed by atoms with Crippen molar-refractivity contribution in [3.05, 3.63) is 0 Å². The predicted molar refractivity (Wildman–Crippen MR) is 409 cm³/mol. The van der Waals surface area contributed by atoms with Crippen LogP contribution in [0.3, 0.4) is 0 Å².